The van der Waals surface area contributed by atoms with Crippen molar-refractivity contribution in [1.82, 2.24) is 19.4 Å². The summed E-state index contributed by atoms with van der Waals surface area (Å²) in [7, 11) is -4.31. The fourth-order valence-corrected chi connectivity index (χ4v) is 8.69. The van der Waals surface area contributed by atoms with Gasteiger partial charge in [0.25, 0.3) is 0 Å². The summed E-state index contributed by atoms with van der Waals surface area (Å²) in [6, 6.07) is 4.20. The minimum Gasteiger partial charge on any atom is -0.388 e. The van der Waals surface area contributed by atoms with E-state index in [1.807, 2.05) is 0 Å². The maximum Gasteiger partial charge on any atom is 0.243 e. The Bertz CT molecular complexity index is 1280. The lowest BCUT2D eigenvalue weighted by atomic mass is 10.0. The van der Waals surface area contributed by atoms with Gasteiger partial charge < -0.3 is 29.9 Å². The molecular formula is C28H39FN4O8S. The van der Waals surface area contributed by atoms with Crippen LogP contribution in [0.2, 0.25) is 0 Å². The highest BCUT2D eigenvalue weighted by Crippen LogP contribution is 2.33. The van der Waals surface area contributed by atoms with Crippen LogP contribution in [0.15, 0.2) is 29.2 Å². The molecule has 5 aliphatic rings. The second kappa shape index (κ2) is 12.1. The van der Waals surface area contributed by atoms with Gasteiger partial charge in [-0.25, -0.2) is 12.8 Å². The van der Waals surface area contributed by atoms with Crippen molar-refractivity contribution >= 4 is 21.8 Å². The fraction of sp³-hybridized carbons (Fsp3) is 0.714. The van der Waals surface area contributed by atoms with Gasteiger partial charge in [-0.2, -0.15) is 4.31 Å². The van der Waals surface area contributed by atoms with Gasteiger partial charge in [-0.05, 0) is 37.5 Å². The molecule has 4 saturated heterocycles. The predicted molar refractivity (Wildman–Crippen MR) is 146 cm³/mol. The zero-order valence-corrected chi connectivity index (χ0v) is 24.2. The van der Waals surface area contributed by atoms with E-state index in [1.54, 1.807) is 4.90 Å². The number of aliphatic hydroxyl groups is 2. The molecule has 2 amide bonds. The maximum atomic E-state index is 14.1. The van der Waals surface area contributed by atoms with Crippen molar-refractivity contribution in [3.05, 3.63) is 30.1 Å². The summed E-state index contributed by atoms with van der Waals surface area (Å²) in [5.74, 6) is -1.16. The fourth-order valence-electron chi connectivity index (χ4n) is 7.18. The number of carbonyl (C=O) groups is 2. The third-order valence-corrected chi connectivity index (χ3v) is 11.1. The summed E-state index contributed by atoms with van der Waals surface area (Å²) >= 11 is 0. The number of hydrogen-bond acceptors (Lipinski definition) is 9. The molecule has 4 aliphatic heterocycles. The van der Waals surface area contributed by atoms with Crippen molar-refractivity contribution in [2.75, 3.05) is 39.3 Å². The van der Waals surface area contributed by atoms with Crippen LogP contribution in [0.25, 0.3) is 0 Å². The van der Waals surface area contributed by atoms with E-state index in [9.17, 15) is 32.6 Å². The molecule has 232 valence electrons. The van der Waals surface area contributed by atoms with Gasteiger partial charge in [0.15, 0.2) is 0 Å². The van der Waals surface area contributed by atoms with Crippen molar-refractivity contribution in [3.63, 3.8) is 0 Å². The Hall–Kier alpha value is -2.20. The molecule has 6 rings (SSSR count). The second-order valence-corrected chi connectivity index (χ2v) is 14.0. The number of morpholine rings is 1. The van der Waals surface area contributed by atoms with Crippen LogP contribution in [0.5, 0.6) is 0 Å². The number of rotatable bonds is 3. The van der Waals surface area contributed by atoms with E-state index >= 15 is 0 Å². The number of hydrogen-bond donors (Lipinski definition) is 3. The highest BCUT2D eigenvalue weighted by atomic mass is 32.2. The minimum absolute atomic E-state index is 0.0622. The minimum atomic E-state index is -4.31. The number of carbonyl (C=O) groups excluding carboxylic acids is 2. The molecule has 12 nitrogen and oxygen atoms in total. The first-order chi connectivity index (χ1) is 20.1. The highest BCUT2D eigenvalue weighted by Gasteiger charge is 2.48. The topological polar surface area (TPSA) is 149 Å². The van der Waals surface area contributed by atoms with Crippen molar-refractivity contribution in [2.45, 2.75) is 92.1 Å². The molecule has 5 fully saturated rings. The summed E-state index contributed by atoms with van der Waals surface area (Å²) in [4.78, 5) is 30.7. The monoisotopic (exact) mass is 610 g/mol. The van der Waals surface area contributed by atoms with Gasteiger partial charge in [0, 0.05) is 44.8 Å². The summed E-state index contributed by atoms with van der Waals surface area (Å²) in [5.41, 5.74) is 0. The molecule has 0 radical (unpaired) electrons. The number of aliphatic hydroxyl groups excluding tert-OH is 2. The van der Waals surface area contributed by atoms with Crippen molar-refractivity contribution < 1.29 is 42.1 Å². The van der Waals surface area contributed by atoms with Crippen molar-refractivity contribution in [3.8, 4) is 0 Å². The Labute approximate surface area is 244 Å². The van der Waals surface area contributed by atoms with E-state index in [4.69, 9.17) is 9.47 Å². The van der Waals surface area contributed by atoms with Gasteiger partial charge in [-0.1, -0.05) is 18.9 Å². The van der Waals surface area contributed by atoms with E-state index in [-0.39, 0.29) is 61.5 Å². The Kier molecular flexibility index (Phi) is 8.57. The van der Waals surface area contributed by atoms with Gasteiger partial charge >= 0.3 is 0 Å². The van der Waals surface area contributed by atoms with Gasteiger partial charge in [0.05, 0.1) is 36.2 Å². The van der Waals surface area contributed by atoms with Crippen LogP contribution in [0.4, 0.5) is 4.39 Å². The lowest BCUT2D eigenvalue weighted by Crippen LogP contribution is -2.56. The average Bonchev–Trinajstić information content (AvgIpc) is 3.69. The Balaban J connectivity index is 1.32. The quantitative estimate of drug-likeness (QED) is 0.410. The smallest absolute Gasteiger partial charge is 0.243 e. The molecule has 3 N–H and O–H groups in total. The van der Waals surface area contributed by atoms with Gasteiger partial charge in [-0.15, -0.1) is 0 Å². The standard InChI is InChI=1S/C28H39FN4O8S/c29-17-4-3-7-21(10-17)42(38,39)32-15-20-14-31(8-9-40-20)28(37)22-11-18(13-33(22)19-5-1-2-6-19)30-25(34)12-23-26(35)27(36)24(16-32)41-23/h3-4,7,10,18-20,22-24,26-27,35-36H,1-2,5-6,8-9,11-16H2,(H,30,34)/t18-,20-,22-,23-,24+,26-,27+/m0/s1. The number of benzene rings is 1. The zero-order chi connectivity index (χ0) is 29.6. The first-order valence-corrected chi connectivity index (χ1v) is 16.3. The molecule has 6 bridgehead atoms. The van der Waals surface area contributed by atoms with Crippen LogP contribution < -0.4 is 5.32 Å². The normalized spacial score (nSPS) is 36.0. The second-order valence-electron chi connectivity index (χ2n) is 12.1. The third kappa shape index (κ3) is 5.94. The Morgan fingerprint density at radius 3 is 2.52 bits per heavy atom. The van der Waals surface area contributed by atoms with Crippen LogP contribution in [0.1, 0.15) is 38.5 Å². The van der Waals surface area contributed by atoms with Crippen LogP contribution in [-0.2, 0) is 29.1 Å². The first kappa shape index (κ1) is 29.9. The van der Waals surface area contributed by atoms with E-state index < -0.39 is 52.4 Å². The largest absolute Gasteiger partial charge is 0.388 e. The van der Waals surface area contributed by atoms with Gasteiger partial charge in [0.2, 0.25) is 21.8 Å². The van der Waals surface area contributed by atoms with Gasteiger partial charge in [0.1, 0.15) is 24.1 Å². The molecule has 42 heavy (non-hydrogen) atoms. The van der Waals surface area contributed by atoms with Crippen molar-refractivity contribution in [2.24, 2.45) is 0 Å². The molecule has 1 aromatic rings. The SMILES string of the molecule is O=C1C[C@@H]2O[C@H](CN(S(=O)(=O)c3cccc(F)c3)C[C@@H]3CN(CCO3)C(=O)[C@@H]3C[C@@H](CN3C3CCCC3)N1)[C@@H](O)[C@H]2O. The van der Waals surface area contributed by atoms with Crippen LogP contribution in [0, 0.1) is 5.82 Å². The average molecular weight is 611 g/mol. The van der Waals surface area contributed by atoms with Crippen LogP contribution >= 0.6 is 0 Å². The molecule has 14 heteroatoms. The van der Waals surface area contributed by atoms with E-state index in [1.165, 1.54) is 12.1 Å². The van der Waals surface area contributed by atoms with E-state index in [0.717, 1.165) is 42.1 Å². The number of nitrogens with zero attached hydrogens (tertiary/aromatic N) is 3. The maximum absolute atomic E-state index is 14.1. The number of sulfonamides is 1. The molecule has 1 aliphatic carbocycles. The third-order valence-electron chi connectivity index (χ3n) is 9.31. The molecular weight excluding hydrogens is 571 g/mol. The number of amides is 2. The number of ether oxygens (including phenoxy) is 2. The van der Waals surface area contributed by atoms with Gasteiger partial charge in [-0.3, -0.25) is 14.5 Å². The number of nitrogens with one attached hydrogen (secondary N) is 1. The first-order valence-electron chi connectivity index (χ1n) is 14.8. The van der Waals surface area contributed by atoms with Crippen LogP contribution in [0.3, 0.4) is 0 Å². The van der Waals surface area contributed by atoms with E-state index in [2.05, 4.69) is 10.2 Å². The van der Waals surface area contributed by atoms with Crippen LogP contribution in [-0.4, -0.2) is 133 Å². The number of halogens is 1. The Morgan fingerprint density at radius 2 is 1.76 bits per heavy atom. The molecule has 0 aromatic heterocycles. The zero-order valence-electron chi connectivity index (χ0n) is 23.4. The number of likely N-dealkylation sites (tertiary alicyclic amines) is 1. The van der Waals surface area contributed by atoms with E-state index in [0.29, 0.717) is 19.5 Å². The summed E-state index contributed by atoms with van der Waals surface area (Å²) in [5, 5.41) is 24.6. The lowest BCUT2D eigenvalue weighted by molar-refractivity contribution is -0.144. The molecule has 1 saturated carbocycles. The molecule has 0 spiro atoms. The summed E-state index contributed by atoms with van der Waals surface area (Å²) < 4.78 is 54.5. The summed E-state index contributed by atoms with van der Waals surface area (Å²) in [6.45, 7) is 0.707. The molecule has 1 aromatic carbocycles. The lowest BCUT2D eigenvalue weighted by Gasteiger charge is -2.39. The summed E-state index contributed by atoms with van der Waals surface area (Å²) in [6.07, 6.45) is -1.38. The Morgan fingerprint density at radius 1 is 1.00 bits per heavy atom. The molecule has 0 unspecified atom stereocenters. The number of fused-ring (bicyclic) bond motifs is 6. The molecule has 4 heterocycles. The van der Waals surface area contributed by atoms with Crippen molar-refractivity contribution in [1.29, 1.82) is 0 Å². The highest BCUT2D eigenvalue weighted by molar-refractivity contribution is 7.89. The predicted octanol–water partition coefficient (Wildman–Crippen LogP) is -0.562. The molecule has 7 atom stereocenters.